The molecular formula is C14H24N4O8. The highest BCUT2D eigenvalue weighted by Crippen LogP contribution is 2.00. The van der Waals surface area contributed by atoms with Crippen LogP contribution in [0.1, 0.15) is 26.7 Å². The van der Waals surface area contributed by atoms with Crippen LogP contribution in [0.15, 0.2) is 0 Å². The lowest BCUT2D eigenvalue weighted by Crippen LogP contribution is -2.55. The van der Waals surface area contributed by atoms with Crippen LogP contribution < -0.4 is 21.7 Å². The molecule has 8 N–H and O–H groups in total. The summed E-state index contributed by atoms with van der Waals surface area (Å²) >= 11 is 0. The second-order valence-corrected chi connectivity index (χ2v) is 5.61. The topological polar surface area (TPSA) is 208 Å². The Morgan fingerprint density at radius 3 is 2.04 bits per heavy atom. The van der Waals surface area contributed by atoms with Crippen molar-refractivity contribution in [2.24, 2.45) is 5.73 Å². The van der Waals surface area contributed by atoms with E-state index in [-0.39, 0.29) is 6.42 Å². The second-order valence-electron chi connectivity index (χ2n) is 5.61. The minimum atomic E-state index is -1.32. The molecule has 0 heterocycles. The van der Waals surface area contributed by atoms with E-state index in [1.165, 1.54) is 13.8 Å². The van der Waals surface area contributed by atoms with Gasteiger partial charge in [-0.3, -0.25) is 24.0 Å². The fourth-order valence-electron chi connectivity index (χ4n) is 1.67. The first kappa shape index (κ1) is 23.3. The van der Waals surface area contributed by atoms with Gasteiger partial charge in [0.2, 0.25) is 17.7 Å². The van der Waals surface area contributed by atoms with Gasteiger partial charge in [0.25, 0.3) is 0 Å². The Bertz CT molecular complexity index is 551. The number of hydrogen-bond acceptors (Lipinski definition) is 7. The average molecular weight is 376 g/mol. The van der Waals surface area contributed by atoms with Crippen LogP contribution in [0.25, 0.3) is 0 Å². The molecule has 0 rings (SSSR count). The molecule has 3 amide bonds. The zero-order valence-electron chi connectivity index (χ0n) is 14.4. The van der Waals surface area contributed by atoms with E-state index < -0.39 is 66.9 Å². The molecule has 4 atom stereocenters. The molecule has 0 bridgehead atoms. The Kier molecular flexibility index (Phi) is 9.84. The Morgan fingerprint density at radius 2 is 1.58 bits per heavy atom. The molecule has 0 saturated carbocycles. The van der Waals surface area contributed by atoms with Crippen LogP contribution >= 0.6 is 0 Å². The van der Waals surface area contributed by atoms with Crippen LogP contribution in [0.3, 0.4) is 0 Å². The predicted octanol–water partition coefficient (Wildman–Crippen LogP) is -3.25. The molecule has 148 valence electrons. The molecule has 0 aromatic heterocycles. The van der Waals surface area contributed by atoms with Gasteiger partial charge in [0.1, 0.15) is 18.1 Å². The number of amides is 3. The number of carboxylic acids is 2. The monoisotopic (exact) mass is 376 g/mol. The van der Waals surface area contributed by atoms with Crippen molar-refractivity contribution in [2.45, 2.75) is 50.9 Å². The van der Waals surface area contributed by atoms with Crippen molar-refractivity contribution in [3.8, 4) is 0 Å². The summed E-state index contributed by atoms with van der Waals surface area (Å²) in [7, 11) is 0. The Labute approximate surface area is 149 Å². The van der Waals surface area contributed by atoms with Crippen LogP contribution in [-0.4, -0.2) is 75.8 Å². The molecule has 0 spiro atoms. The third kappa shape index (κ3) is 8.94. The minimum Gasteiger partial charge on any atom is -0.481 e. The van der Waals surface area contributed by atoms with Crippen molar-refractivity contribution in [1.29, 1.82) is 0 Å². The lowest BCUT2D eigenvalue weighted by molar-refractivity contribution is -0.141. The molecule has 0 aromatic rings. The van der Waals surface area contributed by atoms with E-state index in [1.54, 1.807) is 0 Å². The number of nitrogens with two attached hydrogens (primary N) is 1. The Hall–Kier alpha value is -2.73. The van der Waals surface area contributed by atoms with Crippen molar-refractivity contribution in [1.82, 2.24) is 16.0 Å². The molecule has 0 aromatic carbocycles. The van der Waals surface area contributed by atoms with E-state index in [0.717, 1.165) is 0 Å². The molecule has 12 heteroatoms. The predicted molar refractivity (Wildman–Crippen MR) is 86.7 cm³/mol. The lowest BCUT2D eigenvalue weighted by Gasteiger charge is -2.21. The molecule has 12 nitrogen and oxygen atoms in total. The van der Waals surface area contributed by atoms with Crippen molar-refractivity contribution in [3.63, 3.8) is 0 Å². The summed E-state index contributed by atoms with van der Waals surface area (Å²) < 4.78 is 0. The van der Waals surface area contributed by atoms with E-state index >= 15 is 0 Å². The van der Waals surface area contributed by atoms with Crippen LogP contribution in [-0.2, 0) is 24.0 Å². The zero-order valence-corrected chi connectivity index (χ0v) is 14.4. The molecule has 0 saturated heterocycles. The number of aliphatic hydroxyl groups excluding tert-OH is 1. The maximum atomic E-state index is 12.1. The van der Waals surface area contributed by atoms with Crippen molar-refractivity contribution in [2.75, 3.05) is 6.54 Å². The number of carbonyl (C=O) groups is 5. The number of hydrogen-bond donors (Lipinski definition) is 7. The number of carboxylic acid groups (broad SMARTS) is 2. The van der Waals surface area contributed by atoms with Gasteiger partial charge in [0, 0.05) is 6.42 Å². The molecule has 0 aliphatic carbocycles. The minimum absolute atomic E-state index is 0.271. The van der Waals surface area contributed by atoms with E-state index in [1.807, 2.05) is 0 Å². The van der Waals surface area contributed by atoms with Gasteiger partial charge in [-0.15, -0.1) is 0 Å². The molecule has 0 aliphatic heterocycles. The second kappa shape index (κ2) is 11.0. The number of carbonyl (C=O) groups excluding carboxylic acids is 3. The van der Waals surface area contributed by atoms with E-state index in [2.05, 4.69) is 16.0 Å². The lowest BCUT2D eigenvalue weighted by atomic mass is 10.1. The van der Waals surface area contributed by atoms with Crippen molar-refractivity contribution in [3.05, 3.63) is 0 Å². The fraction of sp³-hybridized carbons (Fsp3) is 0.643. The summed E-state index contributed by atoms with van der Waals surface area (Å²) in [6.07, 6.45) is -1.90. The van der Waals surface area contributed by atoms with Crippen LogP contribution in [0.5, 0.6) is 0 Å². The van der Waals surface area contributed by atoms with Crippen LogP contribution in [0, 0.1) is 0 Å². The number of nitrogens with one attached hydrogen (secondary N) is 3. The zero-order chi connectivity index (χ0) is 20.4. The normalized spacial score (nSPS) is 15.1. The first-order valence-corrected chi connectivity index (χ1v) is 7.71. The maximum Gasteiger partial charge on any atom is 0.325 e. The summed E-state index contributed by atoms with van der Waals surface area (Å²) in [5, 5.41) is 33.2. The van der Waals surface area contributed by atoms with Crippen molar-refractivity contribution < 1.29 is 39.3 Å². The largest absolute Gasteiger partial charge is 0.481 e. The first-order chi connectivity index (χ1) is 12.0. The third-order valence-corrected chi connectivity index (χ3v) is 3.27. The molecule has 0 aliphatic rings. The molecule has 0 fully saturated rings. The number of aliphatic hydroxyl groups is 1. The summed E-state index contributed by atoms with van der Waals surface area (Å²) in [4.78, 5) is 56.8. The van der Waals surface area contributed by atoms with Gasteiger partial charge in [-0.05, 0) is 20.3 Å². The van der Waals surface area contributed by atoms with E-state index in [0.29, 0.717) is 0 Å². The number of rotatable bonds is 11. The van der Waals surface area contributed by atoms with Gasteiger partial charge in [0.15, 0.2) is 0 Å². The molecule has 26 heavy (non-hydrogen) atoms. The van der Waals surface area contributed by atoms with Gasteiger partial charge in [-0.1, -0.05) is 0 Å². The average Bonchev–Trinajstić information content (AvgIpc) is 2.54. The summed E-state index contributed by atoms with van der Waals surface area (Å²) in [5.41, 5.74) is 5.44. The van der Waals surface area contributed by atoms with Crippen LogP contribution in [0.4, 0.5) is 0 Å². The molecular weight excluding hydrogens is 352 g/mol. The van der Waals surface area contributed by atoms with Gasteiger partial charge in [-0.2, -0.15) is 0 Å². The van der Waals surface area contributed by atoms with E-state index in [4.69, 9.17) is 15.9 Å². The number of aliphatic carboxylic acids is 2. The highest BCUT2D eigenvalue weighted by Gasteiger charge is 2.26. The summed E-state index contributed by atoms with van der Waals surface area (Å²) in [6.45, 7) is 1.93. The van der Waals surface area contributed by atoms with Gasteiger partial charge in [0.05, 0.1) is 12.6 Å². The molecule has 4 unspecified atom stereocenters. The standard InChI is InChI=1S/C14H24N4O8/c1-6(14(25)26)17-9(20)5-16-12(23)8(3-4-10(21)22)18-13(24)11(15)7(2)19/h6-8,11,19H,3-5,15H2,1-2H3,(H,16,23)(H,17,20)(H,18,24)(H,21,22)(H,25,26). The van der Waals surface area contributed by atoms with Gasteiger partial charge in [-0.25, -0.2) is 0 Å². The van der Waals surface area contributed by atoms with Crippen molar-refractivity contribution >= 4 is 29.7 Å². The smallest absolute Gasteiger partial charge is 0.325 e. The Balaban J connectivity index is 4.78. The Morgan fingerprint density at radius 1 is 1.00 bits per heavy atom. The van der Waals surface area contributed by atoms with Crippen LogP contribution in [0.2, 0.25) is 0 Å². The van der Waals surface area contributed by atoms with E-state index in [9.17, 15) is 29.1 Å². The van der Waals surface area contributed by atoms with Gasteiger partial charge < -0.3 is 37.0 Å². The SMILES string of the molecule is CC(NC(=O)CNC(=O)C(CCC(=O)O)NC(=O)C(N)C(C)O)C(=O)O. The highest BCUT2D eigenvalue weighted by atomic mass is 16.4. The third-order valence-electron chi connectivity index (χ3n) is 3.27. The summed E-state index contributed by atoms with van der Waals surface area (Å²) in [5.74, 6) is -4.96. The fourth-order valence-corrected chi connectivity index (χ4v) is 1.67. The maximum absolute atomic E-state index is 12.1. The quantitative estimate of drug-likeness (QED) is 0.193. The van der Waals surface area contributed by atoms with Gasteiger partial charge >= 0.3 is 11.9 Å². The highest BCUT2D eigenvalue weighted by molar-refractivity contribution is 5.92. The summed E-state index contributed by atoms with van der Waals surface area (Å²) in [6, 6.07) is -3.78. The first-order valence-electron chi connectivity index (χ1n) is 7.71. The molecule has 0 radical (unpaired) electrons.